The average molecular weight is 198 g/mol. The Labute approximate surface area is 85.9 Å². The molecule has 0 bridgehead atoms. The van der Waals surface area contributed by atoms with Crippen LogP contribution in [0.25, 0.3) is 16.5 Å². The van der Waals surface area contributed by atoms with E-state index in [4.69, 9.17) is 10.8 Å². The zero-order chi connectivity index (χ0) is 11.1. The molecule has 0 heterocycles. The Morgan fingerprint density at radius 2 is 2.13 bits per heavy atom. The summed E-state index contributed by atoms with van der Waals surface area (Å²) in [5.74, 6) is -0.871. The Balaban J connectivity index is 3.04. The Hall–Kier alpha value is -2.57. The van der Waals surface area contributed by atoms with Crippen molar-refractivity contribution in [2.24, 2.45) is 5.11 Å². The molecule has 0 spiro atoms. The van der Waals surface area contributed by atoms with Crippen molar-refractivity contribution in [3.8, 4) is 6.07 Å². The predicted octanol–water partition coefficient (Wildman–Crippen LogP) is 2.43. The molecule has 1 amide bonds. The molecule has 0 aromatic heterocycles. The van der Waals surface area contributed by atoms with Gasteiger partial charge >= 0.3 is 0 Å². The van der Waals surface area contributed by atoms with Crippen molar-refractivity contribution in [1.82, 2.24) is 0 Å². The van der Waals surface area contributed by atoms with E-state index < -0.39 is 5.91 Å². The summed E-state index contributed by atoms with van der Waals surface area (Å²) in [6.07, 6.45) is 1.37. The molecule has 1 rings (SSSR count). The van der Waals surface area contributed by atoms with Crippen LogP contribution in [0.4, 0.5) is 0 Å². The maximum absolute atomic E-state index is 11.1. The van der Waals surface area contributed by atoms with Gasteiger partial charge in [0.2, 0.25) is 0 Å². The van der Waals surface area contributed by atoms with Gasteiger partial charge in [-0.05, 0) is 22.3 Å². The van der Waals surface area contributed by atoms with E-state index in [0.717, 1.165) is 0 Å². The number of hydrogen-bond donors (Lipinski definition) is 0. The van der Waals surface area contributed by atoms with Crippen molar-refractivity contribution < 1.29 is 4.79 Å². The maximum atomic E-state index is 11.1. The van der Waals surface area contributed by atoms with Gasteiger partial charge in [0.25, 0.3) is 5.91 Å². The molecule has 1 aromatic carbocycles. The molecular formula is C10H6N4O. The van der Waals surface area contributed by atoms with Crippen LogP contribution in [0.5, 0.6) is 0 Å². The summed E-state index contributed by atoms with van der Waals surface area (Å²) >= 11 is 0. The minimum atomic E-state index is -0.871. The number of amides is 1. The van der Waals surface area contributed by atoms with Gasteiger partial charge in [-0.25, -0.2) is 0 Å². The van der Waals surface area contributed by atoms with Crippen LogP contribution in [-0.2, 0) is 4.79 Å². The third kappa shape index (κ3) is 2.99. The summed E-state index contributed by atoms with van der Waals surface area (Å²) in [5.41, 5.74) is 8.57. The molecule has 0 radical (unpaired) electrons. The lowest BCUT2D eigenvalue weighted by Gasteiger charge is -1.92. The van der Waals surface area contributed by atoms with E-state index >= 15 is 0 Å². The van der Waals surface area contributed by atoms with Crippen LogP contribution >= 0.6 is 0 Å². The molecule has 1 aromatic rings. The van der Waals surface area contributed by atoms with E-state index in [1.807, 2.05) is 6.07 Å². The third-order valence-electron chi connectivity index (χ3n) is 1.60. The molecule has 0 N–H and O–H groups in total. The van der Waals surface area contributed by atoms with Gasteiger partial charge in [0.15, 0.2) is 0 Å². The van der Waals surface area contributed by atoms with Crippen LogP contribution < -0.4 is 0 Å². The summed E-state index contributed by atoms with van der Waals surface area (Å²) < 4.78 is 0. The highest BCUT2D eigenvalue weighted by Gasteiger charge is 2.05. The Morgan fingerprint density at radius 3 is 2.67 bits per heavy atom. The maximum Gasteiger partial charge on any atom is 0.259 e. The van der Waals surface area contributed by atoms with Gasteiger partial charge in [-0.2, -0.15) is 5.26 Å². The van der Waals surface area contributed by atoms with Crippen molar-refractivity contribution in [2.75, 3.05) is 0 Å². The van der Waals surface area contributed by atoms with E-state index in [9.17, 15) is 4.79 Å². The SMILES string of the molecule is N#C/C(=C\c1ccccc1)C(=O)N=[N+]=[N-]. The first-order chi connectivity index (χ1) is 7.27. The fourth-order valence-electron chi connectivity index (χ4n) is 0.952. The summed E-state index contributed by atoms with van der Waals surface area (Å²) in [7, 11) is 0. The molecule has 15 heavy (non-hydrogen) atoms. The molecule has 72 valence electrons. The van der Waals surface area contributed by atoms with Crippen molar-refractivity contribution in [2.45, 2.75) is 0 Å². The number of hydrogen-bond acceptors (Lipinski definition) is 2. The second-order valence-corrected chi connectivity index (χ2v) is 2.58. The molecule has 0 aliphatic rings. The number of benzene rings is 1. The standard InChI is InChI=1S/C10H6N4O/c11-7-9(10(15)13-14-12)6-8-4-2-1-3-5-8/h1-6H/b9-6+. The zero-order valence-corrected chi connectivity index (χ0v) is 7.66. The van der Waals surface area contributed by atoms with Crippen LogP contribution in [0.2, 0.25) is 0 Å². The van der Waals surface area contributed by atoms with Gasteiger partial charge in [-0.3, -0.25) is 4.79 Å². The Bertz CT molecular complexity index is 478. The highest BCUT2D eigenvalue weighted by molar-refractivity contribution is 6.02. The Morgan fingerprint density at radius 1 is 1.47 bits per heavy atom. The van der Waals surface area contributed by atoms with E-state index in [-0.39, 0.29) is 5.57 Å². The lowest BCUT2D eigenvalue weighted by molar-refractivity contribution is -0.114. The van der Waals surface area contributed by atoms with Gasteiger partial charge in [0.1, 0.15) is 11.6 Å². The van der Waals surface area contributed by atoms with Gasteiger partial charge in [0.05, 0.1) is 0 Å². The molecule has 5 nitrogen and oxygen atoms in total. The average Bonchev–Trinajstić information content (AvgIpc) is 2.27. The van der Waals surface area contributed by atoms with Gasteiger partial charge in [-0.1, -0.05) is 30.3 Å². The number of carbonyl (C=O) groups excluding carboxylic acids is 1. The van der Waals surface area contributed by atoms with E-state index in [2.05, 4.69) is 10.0 Å². The molecule has 0 aliphatic heterocycles. The first-order valence-corrected chi connectivity index (χ1v) is 4.04. The summed E-state index contributed by atoms with van der Waals surface area (Å²) in [5, 5.41) is 11.5. The van der Waals surface area contributed by atoms with Crippen LogP contribution in [0.3, 0.4) is 0 Å². The molecule has 5 heteroatoms. The third-order valence-corrected chi connectivity index (χ3v) is 1.60. The molecule has 0 saturated carbocycles. The summed E-state index contributed by atoms with van der Waals surface area (Å²) in [4.78, 5) is 13.4. The minimum Gasteiger partial charge on any atom is -0.286 e. The second-order valence-electron chi connectivity index (χ2n) is 2.58. The normalized spacial score (nSPS) is 9.93. The van der Waals surface area contributed by atoms with Crippen LogP contribution in [0.15, 0.2) is 41.0 Å². The second kappa shape index (κ2) is 5.22. The van der Waals surface area contributed by atoms with Crippen molar-refractivity contribution in [3.05, 3.63) is 51.9 Å². The van der Waals surface area contributed by atoms with Crippen molar-refractivity contribution in [3.63, 3.8) is 0 Å². The molecule has 0 fully saturated rings. The van der Waals surface area contributed by atoms with E-state index in [0.29, 0.717) is 5.56 Å². The van der Waals surface area contributed by atoms with Crippen molar-refractivity contribution in [1.29, 1.82) is 5.26 Å². The van der Waals surface area contributed by atoms with E-state index in [1.165, 1.54) is 6.08 Å². The number of nitriles is 1. The molecule has 0 saturated heterocycles. The van der Waals surface area contributed by atoms with Gasteiger partial charge in [0, 0.05) is 4.91 Å². The number of azide groups is 1. The monoisotopic (exact) mass is 198 g/mol. The highest BCUT2D eigenvalue weighted by atomic mass is 16.1. The fourth-order valence-corrected chi connectivity index (χ4v) is 0.952. The number of nitrogens with zero attached hydrogens (tertiary/aromatic N) is 4. The van der Waals surface area contributed by atoms with Crippen LogP contribution in [-0.4, -0.2) is 5.91 Å². The van der Waals surface area contributed by atoms with Crippen LogP contribution in [0.1, 0.15) is 5.56 Å². The lowest BCUT2D eigenvalue weighted by atomic mass is 10.1. The predicted molar refractivity (Wildman–Crippen MR) is 54.2 cm³/mol. The highest BCUT2D eigenvalue weighted by Crippen LogP contribution is 2.07. The Kier molecular flexibility index (Phi) is 3.66. The fraction of sp³-hybridized carbons (Fsp3) is 0. The van der Waals surface area contributed by atoms with E-state index in [1.54, 1.807) is 30.3 Å². The first kappa shape index (κ1) is 10.5. The van der Waals surface area contributed by atoms with Crippen LogP contribution in [0, 0.1) is 11.3 Å². The van der Waals surface area contributed by atoms with Gasteiger partial charge < -0.3 is 0 Å². The molecular weight excluding hydrogens is 192 g/mol. The molecule has 0 atom stereocenters. The smallest absolute Gasteiger partial charge is 0.259 e. The summed E-state index contributed by atoms with van der Waals surface area (Å²) in [6, 6.07) is 10.5. The molecule has 0 unspecified atom stereocenters. The van der Waals surface area contributed by atoms with Crippen molar-refractivity contribution >= 4 is 12.0 Å². The topological polar surface area (TPSA) is 89.6 Å². The largest absolute Gasteiger partial charge is 0.286 e. The number of carbonyl (C=O) groups is 1. The molecule has 0 aliphatic carbocycles. The minimum absolute atomic E-state index is 0.181. The number of rotatable bonds is 2. The zero-order valence-electron chi connectivity index (χ0n) is 7.66. The first-order valence-electron chi connectivity index (χ1n) is 4.04. The lowest BCUT2D eigenvalue weighted by Crippen LogP contribution is -1.94. The quantitative estimate of drug-likeness (QED) is 0.240. The summed E-state index contributed by atoms with van der Waals surface area (Å²) in [6.45, 7) is 0. The van der Waals surface area contributed by atoms with Gasteiger partial charge in [-0.15, -0.1) is 0 Å².